The van der Waals surface area contributed by atoms with Gasteiger partial charge in [-0.1, -0.05) is 6.92 Å². The van der Waals surface area contributed by atoms with Crippen molar-refractivity contribution in [1.82, 2.24) is 10.2 Å². The minimum atomic E-state index is -5.58. The number of urea groups is 1. The topological polar surface area (TPSA) is 227 Å². The summed E-state index contributed by atoms with van der Waals surface area (Å²) in [5, 5.41) is 2.47. The molecule has 2 amide bonds. The van der Waals surface area contributed by atoms with Crippen LogP contribution in [0, 0.1) is 5.92 Å². The number of rotatable bonds is 8. The Bertz CT molecular complexity index is 770. The van der Waals surface area contributed by atoms with Gasteiger partial charge in [0.2, 0.25) is 0 Å². The van der Waals surface area contributed by atoms with Crippen molar-refractivity contribution in [2.24, 2.45) is 11.7 Å². The largest absolute Gasteiger partial charge is 0.490 e. The highest BCUT2D eigenvalue weighted by Crippen LogP contribution is 2.66. The van der Waals surface area contributed by atoms with Crippen molar-refractivity contribution in [3.8, 4) is 0 Å². The monoisotopic (exact) mass is 467 g/mol. The molecule has 1 saturated heterocycles. The summed E-state index contributed by atoms with van der Waals surface area (Å²) < 4.78 is 50.9. The highest BCUT2D eigenvalue weighted by Gasteiger charge is 2.43. The Morgan fingerprint density at radius 1 is 1.25 bits per heavy atom. The quantitative estimate of drug-likeness (QED) is 0.257. The third-order valence-corrected chi connectivity index (χ3v) is 7.35. The van der Waals surface area contributed by atoms with Crippen LogP contribution in [0.5, 0.6) is 0 Å². The number of amides is 2. The van der Waals surface area contributed by atoms with Gasteiger partial charge in [-0.15, -0.1) is 0 Å². The van der Waals surface area contributed by atoms with E-state index >= 15 is 0 Å². The van der Waals surface area contributed by atoms with Gasteiger partial charge in [0.05, 0.1) is 18.9 Å². The van der Waals surface area contributed by atoms with Crippen LogP contribution in [-0.4, -0.2) is 55.6 Å². The van der Waals surface area contributed by atoms with E-state index in [0.717, 1.165) is 0 Å². The molecule has 2 aliphatic rings. The molecular formula is C10H20N3O12P3. The molecule has 18 heteroatoms. The van der Waals surface area contributed by atoms with Gasteiger partial charge >= 0.3 is 29.5 Å². The minimum Gasteiger partial charge on any atom is -0.352 e. The zero-order valence-electron chi connectivity index (χ0n) is 14.3. The van der Waals surface area contributed by atoms with E-state index in [1.807, 2.05) is 0 Å². The molecule has 0 aromatic carbocycles. The SMILES string of the molecule is C[C@H]1C[C@@H](COP(=O)(O)OP(=O)(O)OP(=O)(O)O)O[C@H]1N1C=CC(N)NC1=O. The number of hydrogen-bond donors (Lipinski definition) is 6. The van der Waals surface area contributed by atoms with Crippen LogP contribution in [0.15, 0.2) is 12.3 Å². The van der Waals surface area contributed by atoms with Crippen molar-refractivity contribution in [3.05, 3.63) is 12.3 Å². The zero-order chi connectivity index (χ0) is 21.3. The normalized spacial score (nSPS) is 32.6. The van der Waals surface area contributed by atoms with E-state index in [9.17, 15) is 23.4 Å². The summed E-state index contributed by atoms with van der Waals surface area (Å²) in [6.07, 6.45) is 1.11. The van der Waals surface area contributed by atoms with Gasteiger partial charge in [-0.05, 0) is 12.5 Å². The van der Waals surface area contributed by atoms with E-state index < -0.39 is 54.6 Å². The Morgan fingerprint density at radius 3 is 2.46 bits per heavy atom. The lowest BCUT2D eigenvalue weighted by Gasteiger charge is -2.32. The third-order valence-electron chi connectivity index (χ3n) is 3.55. The zero-order valence-corrected chi connectivity index (χ0v) is 17.0. The van der Waals surface area contributed by atoms with Gasteiger partial charge < -0.3 is 35.4 Å². The van der Waals surface area contributed by atoms with Crippen LogP contribution in [0.25, 0.3) is 0 Å². The number of phosphoric ester groups is 1. The number of ether oxygens (including phenoxy) is 1. The molecule has 0 radical (unpaired) electrons. The summed E-state index contributed by atoms with van der Waals surface area (Å²) in [6.45, 7) is 1.17. The molecular weight excluding hydrogens is 447 g/mol. The molecule has 0 aromatic rings. The molecule has 0 saturated carbocycles. The van der Waals surface area contributed by atoms with Crippen molar-refractivity contribution in [2.75, 3.05) is 6.61 Å². The molecule has 7 N–H and O–H groups in total. The highest BCUT2D eigenvalue weighted by molar-refractivity contribution is 7.66. The number of nitrogens with two attached hydrogens (primary N) is 1. The van der Waals surface area contributed by atoms with Crippen LogP contribution in [0.2, 0.25) is 0 Å². The summed E-state index contributed by atoms with van der Waals surface area (Å²) in [5.41, 5.74) is 5.55. The fourth-order valence-electron chi connectivity index (χ4n) is 2.56. The number of nitrogens with zero attached hydrogens (tertiary/aromatic N) is 1. The highest BCUT2D eigenvalue weighted by atomic mass is 31.3. The van der Waals surface area contributed by atoms with E-state index in [0.29, 0.717) is 6.42 Å². The van der Waals surface area contributed by atoms with Crippen molar-refractivity contribution in [1.29, 1.82) is 0 Å². The predicted octanol–water partition coefficient (Wildman–Crippen LogP) is -0.0955. The van der Waals surface area contributed by atoms with E-state index in [1.54, 1.807) is 6.92 Å². The van der Waals surface area contributed by atoms with Crippen molar-refractivity contribution in [3.63, 3.8) is 0 Å². The lowest BCUT2D eigenvalue weighted by molar-refractivity contribution is -0.0460. The van der Waals surface area contributed by atoms with Crippen LogP contribution < -0.4 is 11.1 Å². The first-order valence-corrected chi connectivity index (χ1v) is 12.2. The van der Waals surface area contributed by atoms with E-state index in [-0.39, 0.29) is 5.92 Å². The van der Waals surface area contributed by atoms with Gasteiger partial charge in [0.25, 0.3) is 0 Å². The molecule has 6 atom stereocenters. The lowest BCUT2D eigenvalue weighted by atomic mass is 10.1. The van der Waals surface area contributed by atoms with Crippen LogP contribution >= 0.6 is 23.5 Å². The fourth-order valence-corrected chi connectivity index (χ4v) is 5.61. The van der Waals surface area contributed by atoms with Gasteiger partial charge in [0.15, 0.2) is 0 Å². The summed E-state index contributed by atoms with van der Waals surface area (Å²) >= 11 is 0. The Morgan fingerprint density at radius 2 is 1.89 bits per heavy atom. The summed E-state index contributed by atoms with van der Waals surface area (Å²) in [7, 11) is -16.3. The summed E-state index contributed by atoms with van der Waals surface area (Å²) in [4.78, 5) is 48.7. The first-order chi connectivity index (χ1) is 12.7. The number of hydrogen-bond acceptors (Lipinski definition) is 9. The second-order valence-electron chi connectivity index (χ2n) is 5.97. The van der Waals surface area contributed by atoms with E-state index in [4.69, 9.17) is 25.2 Å². The average Bonchev–Trinajstić information content (AvgIpc) is 2.82. The molecule has 1 fully saturated rings. The van der Waals surface area contributed by atoms with Gasteiger partial charge in [-0.3, -0.25) is 9.42 Å². The molecule has 0 aromatic heterocycles. The number of carbonyl (C=O) groups excluding carboxylic acids is 1. The fraction of sp³-hybridized carbons (Fsp3) is 0.700. The summed E-state index contributed by atoms with van der Waals surface area (Å²) in [5.74, 6) is -0.209. The molecule has 2 heterocycles. The predicted molar refractivity (Wildman–Crippen MR) is 89.7 cm³/mol. The standard InChI is InChI=1S/C10H20N3O12P3/c1-6-4-7(23-9(6)13-3-2-8(11)12-10(13)14)5-22-27(18,19)25-28(20,21)24-26(15,16)17/h2-3,6-9H,4-5,11H2,1H3,(H,12,14)(H,18,19)(H,20,21)(H2,15,16,17)/t6-,7-,8?,9+/m0/s1. The molecule has 28 heavy (non-hydrogen) atoms. The van der Waals surface area contributed by atoms with E-state index in [2.05, 4.69) is 18.5 Å². The van der Waals surface area contributed by atoms with Crippen LogP contribution in [0.1, 0.15) is 13.3 Å². The second-order valence-corrected chi connectivity index (χ2v) is 10.4. The molecule has 0 aliphatic carbocycles. The van der Waals surface area contributed by atoms with Crippen LogP contribution in [0.4, 0.5) is 4.79 Å². The van der Waals surface area contributed by atoms with Gasteiger partial charge in [0.1, 0.15) is 6.23 Å². The van der Waals surface area contributed by atoms with E-state index in [1.165, 1.54) is 17.2 Å². The first kappa shape index (κ1) is 23.6. The minimum absolute atomic E-state index is 0.209. The molecule has 2 aliphatic heterocycles. The number of phosphoric acid groups is 3. The maximum absolute atomic E-state index is 12.0. The smallest absolute Gasteiger partial charge is 0.352 e. The van der Waals surface area contributed by atoms with Crippen LogP contribution in [-0.2, 0) is 31.6 Å². The molecule has 2 rings (SSSR count). The third kappa shape index (κ3) is 6.99. The maximum Gasteiger partial charge on any atom is 0.490 e. The Hall–Kier alpha value is -0.660. The molecule has 3 unspecified atom stereocenters. The Labute approximate surface area is 158 Å². The Balaban J connectivity index is 1.92. The molecule has 0 spiro atoms. The van der Waals surface area contributed by atoms with Gasteiger partial charge in [-0.2, -0.15) is 8.62 Å². The molecule has 0 bridgehead atoms. The van der Waals surface area contributed by atoms with Crippen LogP contribution in [0.3, 0.4) is 0 Å². The maximum atomic E-state index is 12.0. The first-order valence-electron chi connectivity index (χ1n) is 7.64. The Kier molecular flexibility index (Phi) is 7.26. The summed E-state index contributed by atoms with van der Waals surface area (Å²) in [6, 6.07) is -0.500. The number of carbonyl (C=O) groups is 1. The lowest BCUT2D eigenvalue weighted by Crippen LogP contribution is -2.53. The molecule has 162 valence electrons. The van der Waals surface area contributed by atoms with Crippen molar-refractivity contribution >= 4 is 29.5 Å². The van der Waals surface area contributed by atoms with Crippen molar-refractivity contribution < 1.29 is 55.9 Å². The molecule has 15 nitrogen and oxygen atoms in total. The second kappa shape index (κ2) is 8.60. The number of nitrogens with one attached hydrogen (secondary N) is 1. The van der Waals surface area contributed by atoms with Crippen molar-refractivity contribution in [2.45, 2.75) is 31.8 Å². The van der Waals surface area contributed by atoms with Gasteiger partial charge in [0, 0.05) is 12.1 Å². The van der Waals surface area contributed by atoms with Gasteiger partial charge in [-0.25, -0.2) is 18.5 Å². The average molecular weight is 467 g/mol.